The Hall–Kier alpha value is -1.89. The molecule has 24 heavy (non-hydrogen) atoms. The molecule has 0 saturated heterocycles. The van der Waals surface area contributed by atoms with Crippen LogP contribution in [0.4, 0.5) is 4.79 Å². The first-order chi connectivity index (χ1) is 11.5. The third-order valence-corrected chi connectivity index (χ3v) is 4.44. The van der Waals surface area contributed by atoms with Crippen LogP contribution in [0.15, 0.2) is 41.1 Å². The van der Waals surface area contributed by atoms with Crippen LogP contribution in [-0.4, -0.2) is 24.3 Å². The highest BCUT2D eigenvalue weighted by atomic mass is 32.1. The molecule has 0 spiro atoms. The molecule has 130 valence electrons. The topological polar surface area (TPSA) is 70.6 Å². The molecule has 2 aromatic rings. The molecule has 0 radical (unpaired) electrons. The Kier molecular flexibility index (Phi) is 6.78. The summed E-state index contributed by atoms with van der Waals surface area (Å²) in [5, 5.41) is 19.7. The summed E-state index contributed by atoms with van der Waals surface area (Å²) < 4.78 is 5.44. The fourth-order valence-corrected chi connectivity index (χ4v) is 3.03. The lowest BCUT2D eigenvalue weighted by molar-refractivity contribution is 0.0598. The molecule has 1 aromatic carbocycles. The maximum atomic E-state index is 12.0. The van der Waals surface area contributed by atoms with E-state index in [0.29, 0.717) is 19.8 Å². The monoisotopic (exact) mass is 348 g/mol. The Morgan fingerprint density at radius 3 is 2.67 bits per heavy atom. The minimum absolute atomic E-state index is 0.149. The van der Waals surface area contributed by atoms with E-state index in [1.807, 2.05) is 48.0 Å². The zero-order valence-corrected chi connectivity index (χ0v) is 14.9. The Balaban J connectivity index is 1.83. The fourth-order valence-electron chi connectivity index (χ4n) is 2.25. The number of rotatable bonds is 8. The van der Waals surface area contributed by atoms with Crippen LogP contribution in [0.1, 0.15) is 30.5 Å². The zero-order chi connectivity index (χ0) is 17.4. The van der Waals surface area contributed by atoms with Crippen LogP contribution in [-0.2, 0) is 23.5 Å². The smallest absolute Gasteiger partial charge is 0.315 e. The van der Waals surface area contributed by atoms with Gasteiger partial charge in [0.05, 0.1) is 13.2 Å². The fraction of sp³-hybridized carbons (Fsp3) is 0.389. The predicted molar refractivity (Wildman–Crippen MR) is 95.9 cm³/mol. The van der Waals surface area contributed by atoms with Gasteiger partial charge in [0.1, 0.15) is 5.60 Å². The molecule has 0 aliphatic carbocycles. The summed E-state index contributed by atoms with van der Waals surface area (Å²) in [5.41, 5.74) is 1.80. The molecule has 1 aromatic heterocycles. The first kappa shape index (κ1) is 18.4. The molecule has 3 N–H and O–H groups in total. The van der Waals surface area contributed by atoms with E-state index < -0.39 is 5.60 Å². The van der Waals surface area contributed by atoms with Gasteiger partial charge in [-0.2, -0.15) is 11.3 Å². The molecule has 1 atom stereocenters. The SMILES string of the molecule is CCOCc1ccccc1CNC(=O)NCC(C)(O)c1ccsc1. The summed E-state index contributed by atoms with van der Waals surface area (Å²) in [4.78, 5) is 12.0. The average Bonchev–Trinajstić information content (AvgIpc) is 3.12. The van der Waals surface area contributed by atoms with Crippen LogP contribution in [0.5, 0.6) is 0 Å². The lowest BCUT2D eigenvalue weighted by Gasteiger charge is -2.23. The Morgan fingerprint density at radius 2 is 2.00 bits per heavy atom. The van der Waals surface area contributed by atoms with Crippen molar-refractivity contribution in [3.05, 3.63) is 57.8 Å². The molecule has 0 aliphatic rings. The number of hydrogen-bond acceptors (Lipinski definition) is 4. The van der Waals surface area contributed by atoms with Crippen LogP contribution in [0.3, 0.4) is 0 Å². The van der Waals surface area contributed by atoms with Crippen LogP contribution in [0.25, 0.3) is 0 Å². The summed E-state index contributed by atoms with van der Waals surface area (Å²) in [6.07, 6.45) is 0. The van der Waals surface area contributed by atoms with E-state index in [9.17, 15) is 9.90 Å². The third kappa shape index (κ3) is 5.33. The minimum atomic E-state index is -1.08. The Bertz CT molecular complexity index is 641. The second-order valence-electron chi connectivity index (χ2n) is 5.73. The lowest BCUT2D eigenvalue weighted by Crippen LogP contribution is -2.43. The number of urea groups is 1. The van der Waals surface area contributed by atoms with Gasteiger partial charge in [-0.05, 0) is 47.4 Å². The maximum absolute atomic E-state index is 12.0. The van der Waals surface area contributed by atoms with Gasteiger partial charge in [-0.15, -0.1) is 0 Å². The summed E-state index contributed by atoms with van der Waals surface area (Å²) in [7, 11) is 0. The number of carbonyl (C=O) groups is 1. The quantitative estimate of drug-likeness (QED) is 0.687. The van der Waals surface area contributed by atoms with E-state index in [-0.39, 0.29) is 12.6 Å². The van der Waals surface area contributed by atoms with Gasteiger partial charge in [0.2, 0.25) is 0 Å². The second kappa shape index (κ2) is 8.82. The van der Waals surface area contributed by atoms with Crippen LogP contribution < -0.4 is 10.6 Å². The molecule has 1 unspecified atom stereocenters. The van der Waals surface area contributed by atoms with Crippen molar-refractivity contribution in [2.45, 2.75) is 32.6 Å². The predicted octanol–water partition coefficient (Wildman–Crippen LogP) is 2.99. The number of hydrogen-bond donors (Lipinski definition) is 3. The molecule has 6 heteroatoms. The zero-order valence-electron chi connectivity index (χ0n) is 14.0. The first-order valence-corrected chi connectivity index (χ1v) is 8.88. The van der Waals surface area contributed by atoms with Crippen molar-refractivity contribution < 1.29 is 14.6 Å². The summed E-state index contributed by atoms with van der Waals surface area (Å²) in [6.45, 7) is 5.38. The van der Waals surface area contributed by atoms with Crippen LogP contribution >= 0.6 is 11.3 Å². The van der Waals surface area contributed by atoms with Crippen LogP contribution in [0.2, 0.25) is 0 Å². The molecular weight excluding hydrogens is 324 g/mol. The van der Waals surface area contributed by atoms with E-state index in [1.54, 1.807) is 6.92 Å². The van der Waals surface area contributed by atoms with Crippen molar-refractivity contribution >= 4 is 17.4 Å². The maximum Gasteiger partial charge on any atom is 0.315 e. The van der Waals surface area contributed by atoms with Gasteiger partial charge in [0.15, 0.2) is 0 Å². The Labute approximate surface area is 146 Å². The molecule has 5 nitrogen and oxygen atoms in total. The molecule has 0 fully saturated rings. The van der Waals surface area contributed by atoms with Crippen molar-refractivity contribution in [3.8, 4) is 0 Å². The molecule has 2 amide bonds. The number of benzene rings is 1. The highest BCUT2D eigenvalue weighted by molar-refractivity contribution is 7.08. The third-order valence-electron chi connectivity index (χ3n) is 3.76. The van der Waals surface area contributed by atoms with Gasteiger partial charge < -0.3 is 20.5 Å². The number of nitrogens with one attached hydrogen (secondary N) is 2. The van der Waals surface area contributed by atoms with Crippen molar-refractivity contribution in [3.63, 3.8) is 0 Å². The minimum Gasteiger partial charge on any atom is -0.384 e. The Morgan fingerprint density at radius 1 is 1.25 bits per heavy atom. The number of ether oxygens (including phenoxy) is 1. The number of aliphatic hydroxyl groups is 1. The van der Waals surface area contributed by atoms with E-state index in [0.717, 1.165) is 16.7 Å². The summed E-state index contributed by atoms with van der Waals surface area (Å²) in [5.74, 6) is 0. The highest BCUT2D eigenvalue weighted by Crippen LogP contribution is 2.21. The van der Waals surface area contributed by atoms with Gasteiger partial charge in [0, 0.05) is 13.2 Å². The van der Waals surface area contributed by atoms with Gasteiger partial charge in [0.25, 0.3) is 0 Å². The average molecular weight is 348 g/mol. The van der Waals surface area contributed by atoms with Crippen molar-refractivity contribution in [1.82, 2.24) is 10.6 Å². The van der Waals surface area contributed by atoms with Gasteiger partial charge in [-0.25, -0.2) is 4.79 Å². The van der Waals surface area contributed by atoms with Gasteiger partial charge in [-0.3, -0.25) is 0 Å². The highest BCUT2D eigenvalue weighted by Gasteiger charge is 2.24. The number of amides is 2. The van der Waals surface area contributed by atoms with Gasteiger partial charge >= 0.3 is 6.03 Å². The lowest BCUT2D eigenvalue weighted by atomic mass is 9.99. The summed E-state index contributed by atoms with van der Waals surface area (Å²) >= 11 is 1.52. The first-order valence-electron chi connectivity index (χ1n) is 7.94. The number of carbonyl (C=O) groups excluding carboxylic acids is 1. The van der Waals surface area contributed by atoms with Crippen molar-refractivity contribution in [1.29, 1.82) is 0 Å². The second-order valence-corrected chi connectivity index (χ2v) is 6.51. The molecule has 0 saturated carbocycles. The molecular formula is C18H24N2O3S. The molecule has 0 aliphatic heterocycles. The molecule has 2 rings (SSSR count). The summed E-state index contributed by atoms with van der Waals surface area (Å²) in [6, 6.07) is 9.40. The van der Waals surface area contributed by atoms with Gasteiger partial charge in [-0.1, -0.05) is 24.3 Å². The molecule has 0 bridgehead atoms. The van der Waals surface area contributed by atoms with E-state index >= 15 is 0 Å². The van der Waals surface area contributed by atoms with Crippen molar-refractivity contribution in [2.24, 2.45) is 0 Å². The number of thiophene rings is 1. The standard InChI is InChI=1S/C18H24N2O3S/c1-3-23-11-15-7-5-4-6-14(15)10-19-17(21)20-13-18(2,22)16-8-9-24-12-16/h4-9,12,22H,3,10-11,13H2,1-2H3,(H2,19,20,21). The molecule has 1 heterocycles. The normalized spacial score (nSPS) is 13.3. The van der Waals surface area contributed by atoms with E-state index in [2.05, 4.69) is 10.6 Å². The van der Waals surface area contributed by atoms with Crippen LogP contribution in [0, 0.1) is 0 Å². The van der Waals surface area contributed by atoms with E-state index in [1.165, 1.54) is 11.3 Å². The van der Waals surface area contributed by atoms with Crippen molar-refractivity contribution in [2.75, 3.05) is 13.2 Å². The van der Waals surface area contributed by atoms with E-state index in [4.69, 9.17) is 4.74 Å². The largest absolute Gasteiger partial charge is 0.384 e.